The summed E-state index contributed by atoms with van der Waals surface area (Å²) in [4.78, 5) is 49.4. The average molecular weight is 998 g/mol. The van der Waals surface area contributed by atoms with Crippen LogP contribution in [0.5, 0.6) is 23.0 Å². The standard InChI is InChI=1S/C30H24Cl4O7.C17H34N3O3P/c1-28(2,3)26(36)39-21-11-19-13(9-17(21)33)30(24-16(32)8-7-15(31)23(24)25(35)41-30)14-10-18(34)22(12-20(14)38-19)40-27(37)29(4,5)6;1-15(2)20(16(3)4)24(23-14-10-11-18)22-13-9-7-6-8-12-19-17(5)21/h7-12H,1-6H3;15-16H,6-10,12-14H2,1-5H3,(H,19,21). The second-order valence-electron chi connectivity index (χ2n) is 18.1. The van der Waals surface area contributed by atoms with Crippen molar-refractivity contribution in [3.8, 4) is 29.1 Å². The van der Waals surface area contributed by atoms with Crippen LogP contribution in [0.15, 0.2) is 36.4 Å². The summed E-state index contributed by atoms with van der Waals surface area (Å²) in [5.41, 5.74) is -2.44. The number of carbonyl (C=O) groups is 4. The van der Waals surface area contributed by atoms with Crippen LogP contribution < -0.4 is 19.5 Å². The van der Waals surface area contributed by atoms with Crippen molar-refractivity contribution < 1.29 is 47.2 Å². The maximum Gasteiger partial charge on any atom is 0.341 e. The van der Waals surface area contributed by atoms with E-state index in [-0.39, 0.29) is 71.2 Å². The molecule has 2 aliphatic rings. The van der Waals surface area contributed by atoms with Gasteiger partial charge in [-0.25, -0.2) is 9.46 Å². The number of unbranched alkanes of at least 4 members (excludes halogenated alkanes) is 3. The number of benzene rings is 3. The third kappa shape index (κ3) is 13.3. The van der Waals surface area contributed by atoms with Crippen LogP contribution >= 0.6 is 54.9 Å². The highest BCUT2D eigenvalue weighted by Crippen LogP contribution is 2.61. The van der Waals surface area contributed by atoms with Gasteiger partial charge in [0, 0.05) is 59.4 Å². The number of nitriles is 1. The Hall–Kier alpha value is -3.70. The Kier molecular flexibility index (Phi) is 19.0. The molecule has 1 amide bonds. The van der Waals surface area contributed by atoms with Gasteiger partial charge in [-0.05, 0) is 106 Å². The van der Waals surface area contributed by atoms with Crippen molar-refractivity contribution in [2.75, 3.05) is 19.8 Å². The molecule has 1 unspecified atom stereocenters. The van der Waals surface area contributed by atoms with Crippen molar-refractivity contribution >= 4 is 78.7 Å². The summed E-state index contributed by atoms with van der Waals surface area (Å²) in [6.45, 7) is 22.1. The van der Waals surface area contributed by atoms with Crippen LogP contribution in [-0.4, -0.2) is 60.3 Å². The first-order valence-corrected chi connectivity index (χ1v) is 24.0. The van der Waals surface area contributed by atoms with Crippen molar-refractivity contribution in [3.05, 3.63) is 78.7 Å². The molecular formula is C47H58Cl4N3O10P. The number of hydrogen-bond acceptors (Lipinski definition) is 12. The van der Waals surface area contributed by atoms with Crippen LogP contribution in [0.1, 0.15) is 135 Å². The van der Waals surface area contributed by atoms with E-state index in [1.54, 1.807) is 47.6 Å². The number of esters is 3. The van der Waals surface area contributed by atoms with Gasteiger partial charge < -0.3 is 33.3 Å². The molecule has 13 nitrogen and oxygen atoms in total. The van der Waals surface area contributed by atoms with E-state index in [2.05, 4.69) is 43.8 Å². The molecule has 5 rings (SSSR count). The van der Waals surface area contributed by atoms with Gasteiger partial charge in [-0.15, -0.1) is 0 Å². The second-order valence-corrected chi connectivity index (χ2v) is 21.1. The molecular weight excluding hydrogens is 939 g/mol. The summed E-state index contributed by atoms with van der Waals surface area (Å²) < 4.78 is 37.6. The zero-order valence-corrected chi connectivity index (χ0v) is 42.6. The van der Waals surface area contributed by atoms with Crippen LogP contribution in [0.3, 0.4) is 0 Å². The molecule has 2 heterocycles. The lowest BCUT2D eigenvalue weighted by Crippen LogP contribution is -2.33. The largest absolute Gasteiger partial charge is 0.456 e. The molecule has 0 fully saturated rings. The van der Waals surface area contributed by atoms with Crippen molar-refractivity contribution in [1.29, 1.82) is 5.26 Å². The third-order valence-electron chi connectivity index (χ3n) is 9.89. The molecule has 65 heavy (non-hydrogen) atoms. The van der Waals surface area contributed by atoms with E-state index in [1.807, 2.05) is 0 Å². The molecule has 0 aromatic heterocycles. The van der Waals surface area contributed by atoms with Crippen molar-refractivity contribution in [1.82, 2.24) is 9.99 Å². The molecule has 0 radical (unpaired) electrons. The van der Waals surface area contributed by atoms with Gasteiger partial charge in [-0.1, -0.05) is 59.2 Å². The molecule has 0 bridgehead atoms. The molecule has 0 saturated carbocycles. The molecule has 1 atom stereocenters. The second kappa shape index (κ2) is 22.9. The molecule has 1 spiro atoms. The van der Waals surface area contributed by atoms with Crippen molar-refractivity contribution in [2.24, 2.45) is 10.8 Å². The molecule has 3 aromatic carbocycles. The summed E-state index contributed by atoms with van der Waals surface area (Å²) in [7, 11) is -1.13. The van der Waals surface area contributed by atoms with Crippen LogP contribution in [0.25, 0.3) is 0 Å². The first-order valence-electron chi connectivity index (χ1n) is 21.3. The van der Waals surface area contributed by atoms with Crippen LogP contribution in [-0.2, 0) is 33.8 Å². The van der Waals surface area contributed by atoms with Gasteiger partial charge >= 0.3 is 17.9 Å². The predicted molar refractivity (Wildman–Crippen MR) is 253 cm³/mol. The molecule has 1 N–H and O–H groups in total. The fourth-order valence-corrected chi connectivity index (χ4v) is 9.29. The minimum Gasteiger partial charge on any atom is -0.456 e. The number of nitrogens with zero attached hydrogens (tertiary/aromatic N) is 2. The van der Waals surface area contributed by atoms with E-state index in [0.717, 1.165) is 32.2 Å². The molecule has 3 aromatic rings. The van der Waals surface area contributed by atoms with E-state index >= 15 is 0 Å². The average Bonchev–Trinajstić information content (AvgIpc) is 3.51. The van der Waals surface area contributed by atoms with Gasteiger partial charge in [0.05, 0.1) is 57.2 Å². The predicted octanol–water partition coefficient (Wildman–Crippen LogP) is 12.7. The van der Waals surface area contributed by atoms with Gasteiger partial charge in [0.15, 0.2) is 17.1 Å². The summed E-state index contributed by atoms with van der Waals surface area (Å²) in [5.74, 6) is -1.41. The van der Waals surface area contributed by atoms with Crippen molar-refractivity contribution in [2.45, 2.75) is 126 Å². The first kappa shape index (κ1) is 53.9. The first-order chi connectivity index (χ1) is 30.3. The molecule has 0 aliphatic carbocycles. The monoisotopic (exact) mass is 995 g/mol. The summed E-state index contributed by atoms with van der Waals surface area (Å²) in [6, 6.07) is 11.6. The molecule has 2 aliphatic heterocycles. The van der Waals surface area contributed by atoms with Gasteiger partial charge in [-0.3, -0.25) is 14.4 Å². The van der Waals surface area contributed by atoms with E-state index in [9.17, 15) is 19.2 Å². The third-order valence-corrected chi connectivity index (χ3v) is 13.2. The highest BCUT2D eigenvalue weighted by atomic mass is 35.5. The lowest BCUT2D eigenvalue weighted by atomic mass is 9.77. The van der Waals surface area contributed by atoms with Gasteiger partial charge in [0.1, 0.15) is 11.5 Å². The summed E-state index contributed by atoms with van der Waals surface area (Å²) >= 11 is 26.4. The quantitative estimate of drug-likeness (QED) is 0.0626. The van der Waals surface area contributed by atoms with Crippen molar-refractivity contribution in [3.63, 3.8) is 0 Å². The van der Waals surface area contributed by atoms with E-state index < -0.39 is 42.9 Å². The normalized spacial score (nSPS) is 14.1. The fourth-order valence-electron chi connectivity index (χ4n) is 6.73. The number of ether oxygens (including phenoxy) is 4. The smallest absolute Gasteiger partial charge is 0.341 e. The Bertz CT molecular complexity index is 2200. The Balaban J connectivity index is 0.000000331. The van der Waals surface area contributed by atoms with Crippen LogP contribution in [0.2, 0.25) is 20.1 Å². The zero-order chi connectivity index (χ0) is 48.6. The van der Waals surface area contributed by atoms with E-state index in [0.29, 0.717) is 31.7 Å². The number of fused-ring (bicyclic) bond motifs is 6. The van der Waals surface area contributed by atoms with E-state index in [1.165, 1.54) is 37.3 Å². The summed E-state index contributed by atoms with van der Waals surface area (Å²) in [5, 5.41) is 11.9. The topological polar surface area (TPSA) is 163 Å². The number of rotatable bonds is 16. The Morgan fingerprint density at radius 1 is 0.769 bits per heavy atom. The molecule has 0 saturated heterocycles. The van der Waals surface area contributed by atoms with Gasteiger partial charge in [0.2, 0.25) is 5.91 Å². The maximum absolute atomic E-state index is 13.3. The molecule has 354 valence electrons. The number of amides is 1. The zero-order valence-electron chi connectivity index (χ0n) is 38.7. The number of carbonyl (C=O) groups excluding carboxylic acids is 4. The maximum atomic E-state index is 13.3. The Labute approximate surface area is 403 Å². The highest BCUT2D eigenvalue weighted by Gasteiger charge is 2.56. The summed E-state index contributed by atoms with van der Waals surface area (Å²) in [6.07, 6.45) is 4.51. The SMILES string of the molecule is CC(=O)NCCCCCCOP(OCCC#N)N(C(C)C)C(C)C.CC(C)(C)C(=O)Oc1cc2c(cc1Cl)C1(OC(=O)c3c(Cl)ccc(Cl)c31)c1cc(Cl)c(OC(=O)C(C)(C)C)cc1O2. The number of nitrogens with one attached hydrogen (secondary N) is 1. The number of halogens is 4. The lowest BCUT2D eigenvalue weighted by molar-refractivity contribution is -0.143. The van der Waals surface area contributed by atoms with Gasteiger partial charge in [-0.2, -0.15) is 5.26 Å². The van der Waals surface area contributed by atoms with Crippen LogP contribution in [0, 0.1) is 22.2 Å². The Morgan fingerprint density at radius 3 is 1.74 bits per heavy atom. The lowest BCUT2D eigenvalue weighted by Gasteiger charge is -2.37. The molecule has 18 heteroatoms. The minimum atomic E-state index is -1.70. The Morgan fingerprint density at radius 2 is 1.26 bits per heavy atom. The van der Waals surface area contributed by atoms with Gasteiger partial charge in [0.25, 0.3) is 8.53 Å². The van der Waals surface area contributed by atoms with Crippen LogP contribution in [0.4, 0.5) is 0 Å². The van der Waals surface area contributed by atoms with E-state index in [4.69, 9.17) is 79.7 Å². The number of hydrogen-bond donors (Lipinski definition) is 1. The minimum absolute atomic E-state index is 0.0269. The highest BCUT2D eigenvalue weighted by molar-refractivity contribution is 7.44. The fraction of sp³-hybridized carbons (Fsp3) is 0.511.